The van der Waals surface area contributed by atoms with E-state index in [1.807, 2.05) is 38.2 Å². The van der Waals surface area contributed by atoms with Crippen molar-refractivity contribution in [1.29, 1.82) is 0 Å². The van der Waals surface area contributed by atoms with Crippen molar-refractivity contribution in [3.63, 3.8) is 0 Å². The first-order valence-electron chi connectivity index (χ1n) is 5.68. The fraction of sp³-hybridized carbons (Fsp3) is 0.462. The molecule has 3 heteroatoms. The molecule has 0 aliphatic heterocycles. The molecule has 1 saturated carbocycles. The topological polar surface area (TPSA) is 46.3 Å². The Labute approximate surface area is 96.2 Å². The number of benzene rings is 1. The van der Waals surface area contributed by atoms with Crippen LogP contribution in [0.5, 0.6) is 0 Å². The zero-order chi connectivity index (χ0) is 11.7. The second-order valence-electron chi connectivity index (χ2n) is 4.61. The average molecular weight is 218 g/mol. The van der Waals surface area contributed by atoms with Gasteiger partial charge in [-0.25, -0.2) is 0 Å². The maximum atomic E-state index is 12.1. The number of para-hydroxylation sites is 1. The number of aryl methyl sites for hydroxylation is 1. The molecule has 0 heterocycles. The number of hydrogen-bond donors (Lipinski definition) is 1. The highest BCUT2D eigenvalue weighted by molar-refractivity contribution is 5.95. The van der Waals surface area contributed by atoms with Crippen molar-refractivity contribution in [3.8, 4) is 0 Å². The third kappa shape index (κ3) is 1.95. The summed E-state index contributed by atoms with van der Waals surface area (Å²) in [5.74, 6) is 0.315. The summed E-state index contributed by atoms with van der Waals surface area (Å²) in [6, 6.07) is 8.16. The van der Waals surface area contributed by atoms with Crippen LogP contribution in [0.3, 0.4) is 0 Å². The summed E-state index contributed by atoms with van der Waals surface area (Å²) in [5, 5.41) is 0. The maximum absolute atomic E-state index is 12.1. The van der Waals surface area contributed by atoms with E-state index in [-0.39, 0.29) is 17.9 Å². The summed E-state index contributed by atoms with van der Waals surface area (Å²) >= 11 is 0. The van der Waals surface area contributed by atoms with E-state index >= 15 is 0 Å². The highest BCUT2D eigenvalue weighted by Crippen LogP contribution is 2.29. The van der Waals surface area contributed by atoms with Gasteiger partial charge in [0.05, 0.1) is 0 Å². The van der Waals surface area contributed by atoms with E-state index in [0.717, 1.165) is 24.1 Å². The molecule has 1 fully saturated rings. The predicted molar refractivity (Wildman–Crippen MR) is 65.3 cm³/mol. The van der Waals surface area contributed by atoms with E-state index in [1.54, 1.807) is 4.90 Å². The lowest BCUT2D eigenvalue weighted by atomic mass is 9.80. The first kappa shape index (κ1) is 11.1. The van der Waals surface area contributed by atoms with E-state index in [2.05, 4.69) is 0 Å². The molecule has 2 N–H and O–H groups in total. The fourth-order valence-electron chi connectivity index (χ4n) is 2.20. The van der Waals surface area contributed by atoms with Gasteiger partial charge < -0.3 is 10.6 Å². The van der Waals surface area contributed by atoms with Gasteiger partial charge in [-0.15, -0.1) is 0 Å². The molecule has 1 amide bonds. The Hall–Kier alpha value is -1.35. The molecule has 1 aromatic rings. The first-order valence-corrected chi connectivity index (χ1v) is 5.68. The van der Waals surface area contributed by atoms with Crippen molar-refractivity contribution in [2.24, 2.45) is 11.7 Å². The molecule has 0 aromatic heterocycles. The Morgan fingerprint density at radius 3 is 2.56 bits per heavy atom. The van der Waals surface area contributed by atoms with Gasteiger partial charge in [0.2, 0.25) is 5.91 Å². The lowest BCUT2D eigenvalue weighted by Crippen LogP contribution is -2.45. The third-order valence-corrected chi connectivity index (χ3v) is 3.33. The molecule has 0 radical (unpaired) electrons. The number of hydrogen-bond acceptors (Lipinski definition) is 2. The van der Waals surface area contributed by atoms with Gasteiger partial charge >= 0.3 is 0 Å². The summed E-state index contributed by atoms with van der Waals surface area (Å²) in [7, 11) is 1.84. The summed E-state index contributed by atoms with van der Waals surface area (Å²) in [6.07, 6.45) is 1.66. The second kappa shape index (κ2) is 4.26. The first-order chi connectivity index (χ1) is 7.59. The fourth-order valence-corrected chi connectivity index (χ4v) is 2.20. The highest BCUT2D eigenvalue weighted by Gasteiger charge is 2.34. The molecular weight excluding hydrogens is 200 g/mol. The van der Waals surface area contributed by atoms with Gasteiger partial charge in [-0.1, -0.05) is 18.2 Å². The van der Waals surface area contributed by atoms with Crippen molar-refractivity contribution < 1.29 is 4.79 Å². The monoisotopic (exact) mass is 218 g/mol. The van der Waals surface area contributed by atoms with Crippen LogP contribution in [0, 0.1) is 12.8 Å². The van der Waals surface area contributed by atoms with Crippen LogP contribution in [0.4, 0.5) is 5.69 Å². The van der Waals surface area contributed by atoms with E-state index in [0.29, 0.717) is 0 Å². The lowest BCUT2D eigenvalue weighted by molar-refractivity contribution is -0.124. The van der Waals surface area contributed by atoms with Gasteiger partial charge in [-0.3, -0.25) is 4.79 Å². The molecule has 16 heavy (non-hydrogen) atoms. The van der Waals surface area contributed by atoms with Crippen molar-refractivity contribution in [2.75, 3.05) is 11.9 Å². The normalized spacial score (nSPS) is 23.7. The number of nitrogens with two attached hydrogens (primary N) is 1. The van der Waals surface area contributed by atoms with E-state index in [9.17, 15) is 4.79 Å². The second-order valence-corrected chi connectivity index (χ2v) is 4.61. The van der Waals surface area contributed by atoms with Gasteiger partial charge in [-0.05, 0) is 31.4 Å². The minimum atomic E-state index is 0.125. The Bertz CT molecular complexity index is 397. The molecule has 86 valence electrons. The van der Waals surface area contributed by atoms with Crippen LogP contribution in [0.25, 0.3) is 0 Å². The molecule has 1 aliphatic carbocycles. The van der Waals surface area contributed by atoms with Crippen LogP contribution < -0.4 is 10.6 Å². The van der Waals surface area contributed by atoms with Gasteiger partial charge in [0, 0.05) is 24.7 Å². The molecule has 3 nitrogen and oxygen atoms in total. The number of amides is 1. The van der Waals surface area contributed by atoms with Gasteiger partial charge in [0.15, 0.2) is 0 Å². The van der Waals surface area contributed by atoms with Crippen LogP contribution in [0.1, 0.15) is 18.4 Å². The molecule has 0 saturated heterocycles. The molecule has 1 aromatic carbocycles. The van der Waals surface area contributed by atoms with Gasteiger partial charge in [0.25, 0.3) is 0 Å². The quantitative estimate of drug-likeness (QED) is 0.821. The van der Waals surface area contributed by atoms with Crippen LogP contribution in [0.2, 0.25) is 0 Å². The van der Waals surface area contributed by atoms with Crippen LogP contribution >= 0.6 is 0 Å². The molecule has 1 aliphatic rings. The summed E-state index contributed by atoms with van der Waals surface area (Å²) in [6.45, 7) is 2.02. The van der Waals surface area contributed by atoms with Crippen LogP contribution in [-0.4, -0.2) is 19.0 Å². The van der Waals surface area contributed by atoms with Crippen molar-refractivity contribution >= 4 is 11.6 Å². The minimum Gasteiger partial charge on any atom is -0.328 e. The SMILES string of the molecule is Cc1ccccc1N(C)C(=O)C1CC(N)C1. The predicted octanol–water partition coefficient (Wildman–Crippen LogP) is 1.70. The molecular formula is C13H18N2O. The van der Waals surface area contributed by atoms with Crippen LogP contribution in [-0.2, 0) is 4.79 Å². The average Bonchev–Trinajstić information content (AvgIpc) is 2.24. The smallest absolute Gasteiger partial charge is 0.229 e. The van der Waals surface area contributed by atoms with Gasteiger partial charge in [0.1, 0.15) is 0 Å². The van der Waals surface area contributed by atoms with E-state index in [4.69, 9.17) is 5.73 Å². The third-order valence-electron chi connectivity index (χ3n) is 3.33. The number of nitrogens with zero attached hydrogens (tertiary/aromatic N) is 1. The van der Waals surface area contributed by atoms with Crippen molar-refractivity contribution in [2.45, 2.75) is 25.8 Å². The molecule has 0 spiro atoms. The summed E-state index contributed by atoms with van der Waals surface area (Å²) in [4.78, 5) is 13.8. The maximum Gasteiger partial charge on any atom is 0.229 e. The van der Waals surface area contributed by atoms with E-state index < -0.39 is 0 Å². The number of rotatable bonds is 2. The highest BCUT2D eigenvalue weighted by atomic mass is 16.2. The Balaban J connectivity index is 2.10. The Morgan fingerprint density at radius 2 is 2.00 bits per heavy atom. The molecule has 0 atom stereocenters. The standard InChI is InChI=1S/C13H18N2O/c1-9-5-3-4-6-12(9)15(2)13(16)10-7-11(14)8-10/h3-6,10-11H,7-8,14H2,1-2H3. The number of carbonyl (C=O) groups is 1. The van der Waals surface area contributed by atoms with E-state index in [1.165, 1.54) is 0 Å². The summed E-state index contributed by atoms with van der Waals surface area (Å²) in [5.41, 5.74) is 7.82. The zero-order valence-corrected chi connectivity index (χ0v) is 9.81. The lowest BCUT2D eigenvalue weighted by Gasteiger charge is -2.34. The number of carbonyl (C=O) groups excluding carboxylic acids is 1. The molecule has 0 bridgehead atoms. The number of anilines is 1. The minimum absolute atomic E-state index is 0.125. The summed E-state index contributed by atoms with van der Waals surface area (Å²) < 4.78 is 0. The zero-order valence-electron chi connectivity index (χ0n) is 9.81. The van der Waals surface area contributed by atoms with Crippen molar-refractivity contribution in [1.82, 2.24) is 0 Å². The van der Waals surface area contributed by atoms with Crippen LogP contribution in [0.15, 0.2) is 24.3 Å². The Morgan fingerprint density at radius 1 is 1.38 bits per heavy atom. The van der Waals surface area contributed by atoms with Gasteiger partial charge in [-0.2, -0.15) is 0 Å². The largest absolute Gasteiger partial charge is 0.328 e. The molecule has 0 unspecified atom stereocenters. The van der Waals surface area contributed by atoms with Crippen molar-refractivity contribution in [3.05, 3.63) is 29.8 Å². The Kier molecular flexibility index (Phi) is 2.97. The molecule has 2 rings (SSSR count).